The fourth-order valence-electron chi connectivity index (χ4n) is 3.85. The number of allylic oxidation sites excluding steroid dienone is 1. The Labute approximate surface area is 159 Å². The molecule has 0 saturated heterocycles. The van der Waals surface area contributed by atoms with Gasteiger partial charge in [-0.1, -0.05) is 44.7 Å². The van der Waals surface area contributed by atoms with Crippen molar-refractivity contribution in [3.8, 4) is 0 Å². The monoisotopic (exact) mass is 361 g/mol. The molecular weight excluding hydrogens is 337 g/mol. The average Bonchev–Trinajstić information content (AvgIpc) is 3.02. The summed E-state index contributed by atoms with van der Waals surface area (Å²) < 4.78 is 16.9. The Morgan fingerprint density at radius 2 is 1.78 bits per heavy atom. The minimum absolute atomic E-state index is 0.190. The Hall–Kier alpha value is -2.75. The van der Waals surface area contributed by atoms with Gasteiger partial charge in [-0.15, -0.1) is 0 Å². The maximum atomic E-state index is 14.9. The molecule has 138 valence electrons. The summed E-state index contributed by atoms with van der Waals surface area (Å²) in [5, 5.41) is 0. The number of imidazole rings is 1. The van der Waals surface area contributed by atoms with Crippen molar-refractivity contribution in [3.05, 3.63) is 71.8 Å². The highest BCUT2D eigenvalue weighted by Gasteiger charge is 2.45. The summed E-state index contributed by atoms with van der Waals surface area (Å²) >= 11 is 0. The van der Waals surface area contributed by atoms with Gasteiger partial charge in [0.1, 0.15) is 18.0 Å². The van der Waals surface area contributed by atoms with E-state index in [0.717, 1.165) is 33.6 Å². The van der Waals surface area contributed by atoms with Crippen molar-refractivity contribution in [1.29, 1.82) is 0 Å². The van der Waals surface area contributed by atoms with Gasteiger partial charge in [0.25, 0.3) is 0 Å². The van der Waals surface area contributed by atoms with Crippen LogP contribution >= 0.6 is 0 Å². The number of aromatic nitrogens is 2. The highest BCUT2D eigenvalue weighted by Crippen LogP contribution is 2.44. The first kappa shape index (κ1) is 17.7. The lowest BCUT2D eigenvalue weighted by atomic mass is 9.66. The van der Waals surface area contributed by atoms with E-state index in [4.69, 9.17) is 4.99 Å². The largest absolute Gasteiger partial charge is 0.283 e. The first-order valence-corrected chi connectivity index (χ1v) is 9.17. The third-order valence-corrected chi connectivity index (χ3v) is 6.06. The van der Waals surface area contributed by atoms with E-state index in [9.17, 15) is 4.39 Å². The van der Waals surface area contributed by atoms with E-state index in [2.05, 4.69) is 39.3 Å². The summed E-state index contributed by atoms with van der Waals surface area (Å²) in [6.45, 7) is 14.3. The molecule has 2 heterocycles. The highest BCUT2D eigenvalue weighted by atomic mass is 19.1. The van der Waals surface area contributed by atoms with E-state index in [1.165, 1.54) is 6.07 Å². The predicted molar refractivity (Wildman–Crippen MR) is 110 cm³/mol. The van der Waals surface area contributed by atoms with Crippen LogP contribution in [0.1, 0.15) is 51.3 Å². The van der Waals surface area contributed by atoms with Crippen molar-refractivity contribution in [2.75, 3.05) is 0 Å². The lowest BCUT2D eigenvalue weighted by molar-refractivity contribution is 0.292. The molecule has 0 N–H and O–H groups in total. The van der Waals surface area contributed by atoms with Crippen LogP contribution in [-0.4, -0.2) is 20.9 Å². The molecule has 2 aromatic carbocycles. The van der Waals surface area contributed by atoms with Gasteiger partial charge in [0.05, 0.1) is 16.6 Å². The maximum absolute atomic E-state index is 14.9. The molecule has 0 fully saturated rings. The number of benzene rings is 2. The van der Waals surface area contributed by atoms with E-state index >= 15 is 0 Å². The Balaban J connectivity index is 2.05. The molecule has 0 radical (unpaired) electrons. The Morgan fingerprint density at radius 3 is 2.48 bits per heavy atom. The zero-order chi connectivity index (χ0) is 19.6. The van der Waals surface area contributed by atoms with Gasteiger partial charge in [0.15, 0.2) is 0 Å². The van der Waals surface area contributed by atoms with Crippen LogP contribution in [0.25, 0.3) is 16.6 Å². The smallest absolute Gasteiger partial charge is 0.141 e. The van der Waals surface area contributed by atoms with Crippen molar-refractivity contribution < 1.29 is 4.39 Å². The Morgan fingerprint density at radius 1 is 1.07 bits per heavy atom. The molecule has 4 heteroatoms. The van der Waals surface area contributed by atoms with Crippen molar-refractivity contribution in [3.63, 3.8) is 0 Å². The van der Waals surface area contributed by atoms with Gasteiger partial charge >= 0.3 is 0 Å². The number of hydrogen-bond acceptors (Lipinski definition) is 2. The van der Waals surface area contributed by atoms with E-state index in [1.54, 1.807) is 12.4 Å². The number of fused-ring (bicyclic) bond motifs is 2. The molecule has 27 heavy (non-hydrogen) atoms. The van der Waals surface area contributed by atoms with Gasteiger partial charge in [-0.05, 0) is 38.5 Å². The van der Waals surface area contributed by atoms with Crippen molar-refractivity contribution in [2.45, 2.75) is 45.6 Å². The quantitative estimate of drug-likeness (QED) is 0.557. The van der Waals surface area contributed by atoms with Crippen LogP contribution in [0.15, 0.2) is 54.3 Å². The standard InChI is InChI=1S/C23H24FN3/c1-14(2)15-9-8-12-18-20(15)25-13-27(18)21-16-10-7-11-17(24)19(16)22(3,4)23(5,6)26-21/h7-13H,1H2,2-6H3. The summed E-state index contributed by atoms with van der Waals surface area (Å²) in [6.07, 6.45) is 1.78. The van der Waals surface area contributed by atoms with Crippen LogP contribution in [0.3, 0.4) is 0 Å². The summed E-state index contributed by atoms with van der Waals surface area (Å²) in [5.41, 5.74) is 4.42. The van der Waals surface area contributed by atoms with E-state index in [0.29, 0.717) is 5.56 Å². The summed E-state index contributed by atoms with van der Waals surface area (Å²) in [6, 6.07) is 11.3. The minimum atomic E-state index is -0.472. The fourth-order valence-corrected chi connectivity index (χ4v) is 3.85. The summed E-state index contributed by atoms with van der Waals surface area (Å²) in [5.74, 6) is 0.542. The van der Waals surface area contributed by atoms with Gasteiger partial charge in [-0.3, -0.25) is 9.56 Å². The number of aliphatic imine (C=N–C) groups is 1. The van der Waals surface area contributed by atoms with Crippen molar-refractivity contribution in [2.24, 2.45) is 4.99 Å². The summed E-state index contributed by atoms with van der Waals surface area (Å²) in [7, 11) is 0. The third kappa shape index (κ3) is 2.39. The lowest BCUT2D eigenvalue weighted by Gasteiger charge is -2.44. The molecule has 1 aliphatic heterocycles. The number of rotatable bonds is 1. The molecule has 0 saturated carbocycles. The molecule has 0 atom stereocenters. The number of nitrogens with zero attached hydrogens (tertiary/aromatic N) is 3. The molecule has 4 rings (SSSR count). The molecule has 3 aromatic rings. The fraction of sp³-hybridized carbons (Fsp3) is 0.304. The van der Waals surface area contributed by atoms with Crippen LogP contribution in [0.4, 0.5) is 4.39 Å². The van der Waals surface area contributed by atoms with Gasteiger partial charge in [0, 0.05) is 22.1 Å². The number of para-hydroxylation sites is 1. The van der Waals surface area contributed by atoms with Crippen LogP contribution in [0.5, 0.6) is 0 Å². The average molecular weight is 361 g/mol. The van der Waals surface area contributed by atoms with Gasteiger partial charge < -0.3 is 0 Å². The molecule has 0 spiro atoms. The lowest BCUT2D eigenvalue weighted by Crippen LogP contribution is -2.47. The van der Waals surface area contributed by atoms with Gasteiger partial charge in [0.2, 0.25) is 0 Å². The summed E-state index contributed by atoms with van der Waals surface area (Å²) in [4.78, 5) is 9.69. The molecular formula is C23H24FN3. The number of halogens is 1. The van der Waals surface area contributed by atoms with Crippen LogP contribution in [0.2, 0.25) is 0 Å². The second-order valence-corrected chi connectivity index (χ2v) is 8.35. The molecule has 1 aliphatic rings. The SMILES string of the molecule is C=C(C)c1cccc2c1ncn2C1=NC(C)(C)C(C)(C)c2c(F)cccc21. The number of hydrogen-bond donors (Lipinski definition) is 0. The minimum Gasteiger partial charge on any atom is -0.283 e. The molecule has 0 unspecified atom stereocenters. The third-order valence-electron chi connectivity index (χ3n) is 6.06. The molecule has 0 amide bonds. The van der Waals surface area contributed by atoms with E-state index in [1.807, 2.05) is 35.8 Å². The first-order chi connectivity index (χ1) is 12.6. The van der Waals surface area contributed by atoms with Crippen LogP contribution in [-0.2, 0) is 5.41 Å². The first-order valence-electron chi connectivity index (χ1n) is 9.17. The molecule has 0 bridgehead atoms. The normalized spacial score (nSPS) is 17.5. The Bertz CT molecular complexity index is 1120. The van der Waals surface area contributed by atoms with Crippen LogP contribution in [0, 0.1) is 5.82 Å². The zero-order valence-corrected chi connectivity index (χ0v) is 16.5. The van der Waals surface area contributed by atoms with E-state index < -0.39 is 11.0 Å². The van der Waals surface area contributed by atoms with Gasteiger partial charge in [-0.25, -0.2) is 9.37 Å². The second-order valence-electron chi connectivity index (χ2n) is 8.35. The zero-order valence-electron chi connectivity index (χ0n) is 16.5. The van der Waals surface area contributed by atoms with E-state index in [-0.39, 0.29) is 5.82 Å². The van der Waals surface area contributed by atoms with Crippen molar-refractivity contribution >= 4 is 22.4 Å². The Kier molecular flexibility index (Phi) is 3.68. The molecule has 3 nitrogen and oxygen atoms in total. The van der Waals surface area contributed by atoms with Gasteiger partial charge in [-0.2, -0.15) is 0 Å². The molecule has 0 aliphatic carbocycles. The maximum Gasteiger partial charge on any atom is 0.141 e. The topological polar surface area (TPSA) is 30.2 Å². The predicted octanol–water partition coefficient (Wildman–Crippen LogP) is 5.57. The molecule has 1 aromatic heterocycles. The van der Waals surface area contributed by atoms with Crippen LogP contribution < -0.4 is 0 Å². The van der Waals surface area contributed by atoms with Crippen molar-refractivity contribution in [1.82, 2.24) is 9.55 Å². The second kappa shape index (κ2) is 5.62. The highest BCUT2D eigenvalue weighted by molar-refractivity contribution is 6.08.